The number of hydrogen-bond donors (Lipinski definition) is 2. The first-order valence-electron chi connectivity index (χ1n) is 16.1. The minimum atomic E-state index is -4.08. The van der Waals surface area contributed by atoms with Gasteiger partial charge in [-0.25, -0.2) is 13.1 Å². The SMILES string of the molecule is Cc1nnc(CC[C@H]2CC/C=C/[C@H](O)[C@@H]3CC[C@H]3CN3CCCCc4cc(Cl)ccc4COc4ccc(cc43)C(=O)NS2(=O)=O)o1. The molecule has 2 aliphatic heterocycles. The molecule has 2 aromatic carbocycles. The lowest BCUT2D eigenvalue weighted by Gasteiger charge is -2.42. The van der Waals surface area contributed by atoms with Crippen molar-refractivity contribution >= 4 is 33.2 Å². The second-order valence-electron chi connectivity index (χ2n) is 12.6. The molecule has 46 heavy (non-hydrogen) atoms. The Morgan fingerprint density at radius 3 is 2.74 bits per heavy atom. The number of carbonyl (C=O) groups excluding carboxylic acids is 1. The molecule has 1 fully saturated rings. The van der Waals surface area contributed by atoms with Crippen LogP contribution in [0.4, 0.5) is 5.69 Å². The van der Waals surface area contributed by atoms with E-state index in [9.17, 15) is 18.3 Å². The standard InChI is InChI=1S/C34H41ClN4O6S/c1-22-36-37-33(45-22)16-13-28-7-2-3-8-31(40)29-14-10-25(29)20-39-17-5-4-6-23-18-27(35)12-9-26(23)21-44-32-15-11-24(19-30(32)39)34(41)38-46(28,42)43/h3,8-9,11-12,15,18-19,25,28-29,31,40H,2,4-7,10,13-14,16-17,20-21H2,1H3,(H,38,41)/b8-3+/t25-,28+,29+,31-/m0/s1. The fourth-order valence-corrected chi connectivity index (χ4v) is 8.36. The highest BCUT2D eigenvalue weighted by atomic mass is 35.5. The molecular formula is C34H41ClN4O6S. The van der Waals surface area contributed by atoms with Crippen LogP contribution in [-0.4, -0.2) is 54.1 Å². The molecule has 4 atom stereocenters. The number of rotatable bonds is 3. The topological polar surface area (TPSA) is 135 Å². The summed E-state index contributed by atoms with van der Waals surface area (Å²) in [5.74, 6) is 1.06. The van der Waals surface area contributed by atoms with Crippen LogP contribution in [0.15, 0.2) is 53.0 Å². The minimum Gasteiger partial charge on any atom is -0.487 e. The fourth-order valence-electron chi connectivity index (χ4n) is 6.74. The lowest BCUT2D eigenvalue weighted by Crippen LogP contribution is -2.43. The molecule has 0 spiro atoms. The van der Waals surface area contributed by atoms with Gasteiger partial charge in [0.25, 0.3) is 5.91 Å². The van der Waals surface area contributed by atoms with Crippen molar-refractivity contribution in [2.75, 3.05) is 18.0 Å². The third kappa shape index (κ3) is 7.58. The van der Waals surface area contributed by atoms with Gasteiger partial charge in [-0.2, -0.15) is 0 Å². The van der Waals surface area contributed by atoms with Gasteiger partial charge in [0, 0.05) is 37.0 Å². The molecule has 2 N–H and O–H groups in total. The van der Waals surface area contributed by atoms with Gasteiger partial charge in [-0.1, -0.05) is 29.8 Å². The lowest BCUT2D eigenvalue weighted by molar-refractivity contribution is 0.0461. The van der Waals surface area contributed by atoms with Gasteiger partial charge >= 0.3 is 0 Å². The molecule has 0 saturated heterocycles. The number of amides is 1. The zero-order valence-corrected chi connectivity index (χ0v) is 27.6. The maximum Gasteiger partial charge on any atom is 0.264 e. The molecule has 2 bridgehead atoms. The Hall–Kier alpha value is -3.41. The highest BCUT2D eigenvalue weighted by molar-refractivity contribution is 7.90. The molecule has 1 saturated carbocycles. The number of aliphatic hydroxyl groups is 1. The van der Waals surface area contributed by atoms with Crippen molar-refractivity contribution < 1.29 is 27.5 Å². The normalized spacial score (nSPS) is 25.9. The molecule has 0 radical (unpaired) electrons. The van der Waals surface area contributed by atoms with Crippen LogP contribution < -0.4 is 14.4 Å². The molecule has 1 amide bonds. The van der Waals surface area contributed by atoms with E-state index in [1.165, 1.54) is 0 Å². The van der Waals surface area contributed by atoms with E-state index in [0.29, 0.717) is 42.1 Å². The van der Waals surface area contributed by atoms with E-state index in [2.05, 4.69) is 19.8 Å². The average Bonchev–Trinajstić information content (AvgIpc) is 3.41. The minimum absolute atomic E-state index is 0.102. The van der Waals surface area contributed by atoms with Crippen molar-refractivity contribution in [3.8, 4) is 5.75 Å². The van der Waals surface area contributed by atoms with Crippen LogP contribution in [0.1, 0.15) is 78.2 Å². The van der Waals surface area contributed by atoms with Crippen LogP contribution in [0.5, 0.6) is 5.75 Å². The smallest absolute Gasteiger partial charge is 0.264 e. The molecule has 12 heteroatoms. The van der Waals surface area contributed by atoms with Gasteiger partial charge in [0.2, 0.25) is 21.8 Å². The van der Waals surface area contributed by atoms with Gasteiger partial charge in [0.05, 0.1) is 17.0 Å². The van der Waals surface area contributed by atoms with Crippen molar-refractivity contribution in [3.63, 3.8) is 0 Å². The predicted octanol–water partition coefficient (Wildman–Crippen LogP) is 5.55. The Bertz CT molecular complexity index is 1690. The Morgan fingerprint density at radius 1 is 1.09 bits per heavy atom. The van der Waals surface area contributed by atoms with Gasteiger partial charge < -0.3 is 19.2 Å². The maximum absolute atomic E-state index is 13.6. The first-order valence-corrected chi connectivity index (χ1v) is 18.1. The second kappa shape index (κ2) is 14.1. The number of benzene rings is 2. The highest BCUT2D eigenvalue weighted by Gasteiger charge is 2.37. The van der Waals surface area contributed by atoms with Crippen LogP contribution in [-0.2, 0) is 29.5 Å². The lowest BCUT2D eigenvalue weighted by atomic mass is 9.70. The van der Waals surface area contributed by atoms with E-state index in [1.807, 2.05) is 24.3 Å². The zero-order chi connectivity index (χ0) is 32.3. The molecule has 3 aromatic rings. The molecule has 3 aliphatic rings. The second-order valence-corrected chi connectivity index (χ2v) is 15.0. The van der Waals surface area contributed by atoms with Gasteiger partial charge in [-0.3, -0.25) is 4.79 Å². The fraction of sp³-hybridized carbons (Fsp3) is 0.500. The Labute approximate surface area is 275 Å². The summed E-state index contributed by atoms with van der Waals surface area (Å²) in [6, 6.07) is 11.0. The summed E-state index contributed by atoms with van der Waals surface area (Å²) in [5.41, 5.74) is 3.20. The molecule has 0 unspecified atom stereocenters. The number of nitrogens with zero attached hydrogens (tertiary/aromatic N) is 3. The number of aromatic nitrogens is 2. The summed E-state index contributed by atoms with van der Waals surface area (Å²) in [6.45, 7) is 3.44. The summed E-state index contributed by atoms with van der Waals surface area (Å²) >= 11 is 6.32. The number of hydrogen-bond acceptors (Lipinski definition) is 9. The molecule has 1 aromatic heterocycles. The first kappa shape index (κ1) is 32.5. The van der Waals surface area contributed by atoms with Crippen molar-refractivity contribution in [2.24, 2.45) is 11.8 Å². The number of halogens is 1. The van der Waals surface area contributed by atoms with Gasteiger partial charge in [0.15, 0.2) is 0 Å². The molecular weight excluding hydrogens is 628 g/mol. The Morgan fingerprint density at radius 2 is 1.96 bits per heavy atom. The van der Waals surface area contributed by atoms with E-state index < -0.39 is 27.3 Å². The maximum atomic E-state index is 13.6. The number of carbonyl (C=O) groups is 1. The van der Waals surface area contributed by atoms with Gasteiger partial charge in [0.1, 0.15) is 12.4 Å². The molecule has 246 valence electrons. The third-order valence-electron chi connectivity index (χ3n) is 9.52. The van der Waals surface area contributed by atoms with Gasteiger partial charge in [-0.15, -0.1) is 10.2 Å². The summed E-state index contributed by atoms with van der Waals surface area (Å²) in [4.78, 5) is 15.8. The summed E-state index contributed by atoms with van der Waals surface area (Å²) in [5, 5.41) is 18.8. The van der Waals surface area contributed by atoms with Gasteiger partial charge in [-0.05, 0) is 105 Å². The Balaban J connectivity index is 1.33. The van der Waals surface area contributed by atoms with Crippen LogP contribution in [0.3, 0.4) is 0 Å². The van der Waals surface area contributed by atoms with E-state index in [1.54, 1.807) is 31.2 Å². The zero-order valence-electron chi connectivity index (χ0n) is 26.0. The van der Waals surface area contributed by atoms with E-state index >= 15 is 0 Å². The highest BCUT2D eigenvalue weighted by Crippen LogP contribution is 2.41. The van der Waals surface area contributed by atoms with Crippen molar-refractivity contribution in [2.45, 2.75) is 82.7 Å². The largest absolute Gasteiger partial charge is 0.487 e. The van der Waals surface area contributed by atoms with E-state index in [0.717, 1.165) is 55.5 Å². The number of aryl methyl sites for hydroxylation is 3. The number of allylic oxidation sites excluding steroid dienone is 1. The number of fused-ring (bicyclic) bond motifs is 3. The molecule has 3 heterocycles. The average molecular weight is 669 g/mol. The monoisotopic (exact) mass is 668 g/mol. The molecule has 6 rings (SSSR count). The van der Waals surface area contributed by atoms with E-state index in [-0.39, 0.29) is 36.7 Å². The van der Waals surface area contributed by atoms with Crippen molar-refractivity contribution in [3.05, 3.63) is 82.0 Å². The molecule has 1 aliphatic carbocycles. The number of aliphatic hydroxyl groups excluding tert-OH is 1. The summed E-state index contributed by atoms with van der Waals surface area (Å²) < 4.78 is 41.5. The van der Waals surface area contributed by atoms with Crippen LogP contribution in [0.25, 0.3) is 0 Å². The Kier molecular flexibility index (Phi) is 10.0. The number of anilines is 1. The van der Waals surface area contributed by atoms with Crippen LogP contribution in [0, 0.1) is 18.8 Å². The predicted molar refractivity (Wildman–Crippen MR) is 176 cm³/mol. The first-order chi connectivity index (χ1) is 22.2. The molecule has 10 nitrogen and oxygen atoms in total. The number of sulfonamides is 1. The van der Waals surface area contributed by atoms with Crippen molar-refractivity contribution in [1.82, 2.24) is 14.9 Å². The number of ether oxygens (including phenoxy) is 1. The quantitative estimate of drug-likeness (QED) is 0.345. The summed E-state index contributed by atoms with van der Waals surface area (Å²) in [7, 11) is -4.08. The third-order valence-corrected chi connectivity index (χ3v) is 11.6. The van der Waals surface area contributed by atoms with Crippen LogP contribution in [0.2, 0.25) is 5.02 Å². The summed E-state index contributed by atoms with van der Waals surface area (Å²) in [6.07, 6.45) is 8.85. The van der Waals surface area contributed by atoms with Crippen molar-refractivity contribution in [1.29, 1.82) is 0 Å². The van der Waals surface area contributed by atoms with Crippen LogP contribution >= 0.6 is 11.6 Å². The number of nitrogens with one attached hydrogen (secondary N) is 1. The van der Waals surface area contributed by atoms with E-state index in [4.69, 9.17) is 20.8 Å².